The Morgan fingerprint density at radius 1 is 0.615 bits per heavy atom. The molecule has 0 fully saturated rings. The van der Waals surface area contributed by atoms with Crippen LogP contribution in [-0.2, 0) is 13.0 Å². The predicted octanol–water partition coefficient (Wildman–Crippen LogP) is 6.07. The van der Waals surface area contributed by atoms with Gasteiger partial charge in [0, 0.05) is 13.1 Å². The van der Waals surface area contributed by atoms with E-state index in [0.29, 0.717) is 12.1 Å². The van der Waals surface area contributed by atoms with Gasteiger partial charge in [-0.3, -0.25) is 30.3 Å². The van der Waals surface area contributed by atoms with Crippen molar-refractivity contribution in [2.24, 2.45) is 0 Å². The summed E-state index contributed by atoms with van der Waals surface area (Å²) in [4.78, 5) is 27.8. The molecule has 0 unspecified atom stereocenters. The van der Waals surface area contributed by atoms with Crippen LogP contribution in [-0.4, -0.2) is 26.4 Å². The van der Waals surface area contributed by atoms with E-state index in [2.05, 4.69) is 89.5 Å². The van der Waals surface area contributed by atoms with Gasteiger partial charge < -0.3 is 15.7 Å². The lowest BCUT2D eigenvalue weighted by molar-refractivity contribution is -0.404. The van der Waals surface area contributed by atoms with Crippen molar-refractivity contribution in [3.63, 3.8) is 0 Å². The summed E-state index contributed by atoms with van der Waals surface area (Å²) in [7, 11) is 0. The molecule has 4 aromatic carbocycles. The Hall–Kier alpha value is -5.52. The number of hydrogen-bond donors (Lipinski definition) is 3. The molecule has 3 N–H and O–H groups in total. The van der Waals surface area contributed by atoms with Crippen LogP contribution in [0.25, 0.3) is 0 Å². The van der Waals surface area contributed by atoms with Crippen molar-refractivity contribution in [3.8, 4) is 5.75 Å². The van der Waals surface area contributed by atoms with Crippen molar-refractivity contribution in [3.05, 3.63) is 139 Å². The van der Waals surface area contributed by atoms with E-state index in [1.807, 2.05) is 6.07 Å². The van der Waals surface area contributed by atoms with Gasteiger partial charge in [-0.2, -0.15) is 0 Å². The average molecular weight is 532 g/mol. The highest BCUT2D eigenvalue weighted by Crippen LogP contribution is 2.39. The molecule has 39 heavy (non-hydrogen) atoms. The first kappa shape index (κ1) is 28.1. The molecular formula is C27H25N5O7. The standard InChI is InChI=1S/C21H22N2.C6H3N3O7/c1-3-9-18(10-4-1)15-16-22-20-13-7-8-14-21(20)23-17-19-11-5-2-6-12-19;10-6-4(8(13)14)1-3(7(11)12)2-5(6)9(15)16/h1-14,22-23H,15-17H2;1-2,10H. The number of nitrogens with zero attached hydrogens (tertiary/aromatic N) is 3. The van der Waals surface area contributed by atoms with Gasteiger partial charge in [0.25, 0.3) is 11.4 Å². The van der Waals surface area contributed by atoms with Crippen LogP contribution in [0.3, 0.4) is 0 Å². The fourth-order valence-corrected chi connectivity index (χ4v) is 3.54. The molecule has 0 saturated carbocycles. The summed E-state index contributed by atoms with van der Waals surface area (Å²) >= 11 is 0. The molecule has 0 saturated heterocycles. The van der Waals surface area contributed by atoms with Crippen LogP contribution in [0.15, 0.2) is 97.1 Å². The monoisotopic (exact) mass is 531 g/mol. The number of anilines is 2. The molecule has 12 nitrogen and oxygen atoms in total. The third kappa shape index (κ3) is 8.25. The van der Waals surface area contributed by atoms with Crippen molar-refractivity contribution in [2.45, 2.75) is 13.0 Å². The summed E-state index contributed by atoms with van der Waals surface area (Å²) in [6.07, 6.45) is 1.02. The number of phenols is 1. The number of rotatable bonds is 10. The molecule has 0 aliphatic heterocycles. The van der Waals surface area contributed by atoms with Crippen molar-refractivity contribution < 1.29 is 19.9 Å². The average Bonchev–Trinajstić information content (AvgIpc) is 2.93. The largest absolute Gasteiger partial charge is 0.497 e. The minimum atomic E-state index is -1.21. The molecule has 0 bridgehead atoms. The van der Waals surface area contributed by atoms with Crippen LogP contribution < -0.4 is 10.6 Å². The molecule has 200 valence electrons. The van der Waals surface area contributed by atoms with Gasteiger partial charge in [0.15, 0.2) is 0 Å². The molecular weight excluding hydrogens is 506 g/mol. The highest BCUT2D eigenvalue weighted by atomic mass is 16.6. The van der Waals surface area contributed by atoms with E-state index in [1.165, 1.54) is 11.1 Å². The molecule has 0 aromatic heterocycles. The zero-order chi connectivity index (χ0) is 28.2. The predicted molar refractivity (Wildman–Crippen MR) is 147 cm³/mol. The van der Waals surface area contributed by atoms with Gasteiger partial charge in [0.2, 0.25) is 0 Å². The minimum absolute atomic E-state index is 0.447. The van der Waals surface area contributed by atoms with Crippen LogP contribution >= 0.6 is 0 Å². The van der Waals surface area contributed by atoms with Gasteiger partial charge >= 0.3 is 11.4 Å². The SMILES string of the molecule is O=[N+]([O-])c1cc([N+](=O)[O-])c(O)c([N+](=O)[O-])c1.c1ccc(CCNc2ccccc2NCc2ccccc2)cc1. The van der Waals surface area contributed by atoms with Crippen molar-refractivity contribution in [1.82, 2.24) is 0 Å². The molecule has 4 rings (SSSR count). The Bertz CT molecular complexity index is 1400. The number of non-ortho nitro benzene ring substituents is 1. The molecule has 0 radical (unpaired) electrons. The summed E-state index contributed by atoms with van der Waals surface area (Å²) in [5.74, 6) is -1.21. The lowest BCUT2D eigenvalue weighted by Crippen LogP contribution is -2.08. The lowest BCUT2D eigenvalue weighted by Gasteiger charge is -2.14. The van der Waals surface area contributed by atoms with Gasteiger partial charge in [-0.05, 0) is 29.7 Å². The van der Waals surface area contributed by atoms with Crippen LogP contribution in [0.1, 0.15) is 11.1 Å². The van der Waals surface area contributed by atoms with Gasteiger partial charge in [0.05, 0.1) is 38.3 Å². The first-order valence-corrected chi connectivity index (χ1v) is 11.7. The summed E-state index contributed by atoms with van der Waals surface area (Å²) in [5, 5.41) is 47.3. The van der Waals surface area contributed by atoms with Crippen LogP contribution in [0, 0.1) is 30.3 Å². The number of benzene rings is 4. The maximum absolute atomic E-state index is 10.4. The number of nitro groups is 3. The van der Waals surface area contributed by atoms with E-state index < -0.39 is 37.6 Å². The first-order chi connectivity index (χ1) is 18.8. The van der Waals surface area contributed by atoms with E-state index in [9.17, 15) is 30.3 Å². The zero-order valence-corrected chi connectivity index (χ0v) is 20.6. The highest BCUT2D eigenvalue weighted by Gasteiger charge is 2.30. The van der Waals surface area contributed by atoms with Gasteiger partial charge in [-0.25, -0.2) is 0 Å². The number of aromatic hydroxyl groups is 1. The summed E-state index contributed by atoms with van der Waals surface area (Å²) < 4.78 is 0. The topological polar surface area (TPSA) is 174 Å². The third-order valence-corrected chi connectivity index (χ3v) is 5.48. The van der Waals surface area contributed by atoms with Crippen molar-refractivity contribution in [2.75, 3.05) is 17.2 Å². The second kappa shape index (κ2) is 13.7. The zero-order valence-electron chi connectivity index (χ0n) is 20.6. The van der Waals surface area contributed by atoms with Gasteiger partial charge in [-0.1, -0.05) is 72.8 Å². The Labute approximate surface area is 223 Å². The summed E-state index contributed by atoms with van der Waals surface area (Å²) in [5.41, 5.74) is 1.93. The molecule has 4 aromatic rings. The van der Waals surface area contributed by atoms with E-state index in [4.69, 9.17) is 5.11 Å². The normalized spacial score (nSPS) is 10.1. The van der Waals surface area contributed by atoms with E-state index in [1.54, 1.807) is 0 Å². The molecule has 0 heterocycles. The van der Waals surface area contributed by atoms with Crippen LogP contribution in [0.5, 0.6) is 5.75 Å². The molecule has 0 amide bonds. The van der Waals surface area contributed by atoms with Crippen LogP contribution in [0.2, 0.25) is 0 Å². The van der Waals surface area contributed by atoms with Crippen molar-refractivity contribution in [1.29, 1.82) is 0 Å². The van der Waals surface area contributed by atoms with E-state index >= 15 is 0 Å². The maximum Gasteiger partial charge on any atom is 0.324 e. The molecule has 12 heteroatoms. The Morgan fingerprint density at radius 3 is 1.56 bits per heavy atom. The second-order valence-electron chi connectivity index (χ2n) is 8.15. The summed E-state index contributed by atoms with van der Waals surface area (Å²) in [6.45, 7) is 1.76. The smallest absolute Gasteiger partial charge is 0.324 e. The highest BCUT2D eigenvalue weighted by molar-refractivity contribution is 5.68. The number of para-hydroxylation sites is 2. The second-order valence-corrected chi connectivity index (χ2v) is 8.15. The lowest BCUT2D eigenvalue weighted by atomic mass is 10.1. The maximum atomic E-state index is 10.4. The molecule has 0 atom stereocenters. The van der Waals surface area contributed by atoms with Crippen molar-refractivity contribution >= 4 is 28.4 Å². The number of nitro benzene ring substituents is 3. The minimum Gasteiger partial charge on any atom is -0.497 e. The quantitative estimate of drug-likeness (QED) is 0.162. The van der Waals surface area contributed by atoms with Crippen LogP contribution in [0.4, 0.5) is 28.4 Å². The third-order valence-electron chi connectivity index (χ3n) is 5.48. The fraction of sp³-hybridized carbons (Fsp3) is 0.111. The Morgan fingerprint density at radius 2 is 1.08 bits per heavy atom. The van der Waals surface area contributed by atoms with Gasteiger partial charge in [-0.15, -0.1) is 0 Å². The molecule has 0 aliphatic rings. The molecule has 0 aliphatic carbocycles. The Balaban J connectivity index is 0.000000231. The first-order valence-electron chi connectivity index (χ1n) is 11.7. The fourth-order valence-electron chi connectivity index (χ4n) is 3.54. The van der Waals surface area contributed by atoms with Gasteiger partial charge in [0.1, 0.15) is 0 Å². The Kier molecular flexibility index (Phi) is 9.85. The number of hydrogen-bond acceptors (Lipinski definition) is 9. The summed E-state index contributed by atoms with van der Waals surface area (Å²) in [6, 6.07) is 30.3. The number of phenolic OH excluding ortho intramolecular Hbond substituents is 1. The number of nitrogens with one attached hydrogen (secondary N) is 2. The van der Waals surface area contributed by atoms with E-state index in [0.717, 1.165) is 30.9 Å². The molecule has 0 spiro atoms. The van der Waals surface area contributed by atoms with E-state index in [-0.39, 0.29) is 0 Å².